The molecular weight excluding hydrogens is 299 g/mol. The molecule has 0 saturated carbocycles. The van der Waals surface area contributed by atoms with Gasteiger partial charge in [0.15, 0.2) is 0 Å². The fourth-order valence-corrected chi connectivity index (χ4v) is 2.05. The van der Waals surface area contributed by atoms with Crippen molar-refractivity contribution in [1.82, 2.24) is 0 Å². The molecule has 0 radical (unpaired) electrons. The van der Waals surface area contributed by atoms with Crippen LogP contribution in [0.5, 0.6) is 5.75 Å². The van der Waals surface area contributed by atoms with Crippen molar-refractivity contribution in [3.63, 3.8) is 0 Å². The summed E-state index contributed by atoms with van der Waals surface area (Å²) >= 11 is 11.7. The van der Waals surface area contributed by atoms with Crippen LogP contribution in [0.15, 0.2) is 42.5 Å². The van der Waals surface area contributed by atoms with E-state index in [0.717, 1.165) is 11.1 Å². The second-order valence-corrected chi connectivity index (χ2v) is 5.02. The fraction of sp³-hybridized carbons (Fsp3) is 0.133. The van der Waals surface area contributed by atoms with E-state index in [9.17, 15) is 4.79 Å². The lowest BCUT2D eigenvalue weighted by Gasteiger charge is -2.10. The Hall–Kier alpha value is -1.71. The number of ether oxygens (including phenoxy) is 1. The first-order valence-corrected chi connectivity index (χ1v) is 6.68. The Kier molecular flexibility index (Phi) is 4.88. The quantitative estimate of drug-likeness (QED) is 0.900. The monoisotopic (exact) mass is 310 g/mol. The van der Waals surface area contributed by atoms with E-state index in [0.29, 0.717) is 15.8 Å². The summed E-state index contributed by atoms with van der Waals surface area (Å²) < 4.78 is 5.61. The Morgan fingerprint density at radius 2 is 1.75 bits per heavy atom. The maximum absolute atomic E-state index is 10.8. The summed E-state index contributed by atoms with van der Waals surface area (Å²) in [6, 6.07) is 12.3. The second kappa shape index (κ2) is 6.64. The van der Waals surface area contributed by atoms with Gasteiger partial charge >= 0.3 is 5.97 Å². The molecule has 20 heavy (non-hydrogen) atoms. The number of benzene rings is 2. The summed E-state index contributed by atoms with van der Waals surface area (Å²) in [6.45, 7) is 0.279. The third-order valence-electron chi connectivity index (χ3n) is 2.75. The highest BCUT2D eigenvalue weighted by Gasteiger charge is 2.07. The predicted molar refractivity (Wildman–Crippen MR) is 78.6 cm³/mol. The number of carboxylic acids is 1. The molecule has 0 amide bonds. The maximum atomic E-state index is 10.8. The summed E-state index contributed by atoms with van der Waals surface area (Å²) in [5, 5.41) is 9.75. The first kappa shape index (κ1) is 14.7. The van der Waals surface area contributed by atoms with Crippen LogP contribution in [0.3, 0.4) is 0 Å². The van der Waals surface area contributed by atoms with Crippen molar-refractivity contribution in [1.29, 1.82) is 0 Å². The molecular formula is C15H12Cl2O3. The van der Waals surface area contributed by atoms with Gasteiger partial charge in [-0.1, -0.05) is 47.5 Å². The van der Waals surface area contributed by atoms with E-state index in [1.807, 2.05) is 12.1 Å². The number of halogens is 2. The minimum absolute atomic E-state index is 0.0269. The van der Waals surface area contributed by atoms with Crippen molar-refractivity contribution < 1.29 is 14.6 Å². The molecule has 0 unspecified atom stereocenters. The molecule has 0 aliphatic rings. The smallest absolute Gasteiger partial charge is 0.307 e. The number of aliphatic carboxylic acids is 1. The van der Waals surface area contributed by atoms with E-state index >= 15 is 0 Å². The summed E-state index contributed by atoms with van der Waals surface area (Å²) in [4.78, 5) is 10.8. The van der Waals surface area contributed by atoms with Crippen LogP contribution in [0, 0.1) is 0 Å². The molecule has 0 aliphatic heterocycles. The first-order chi connectivity index (χ1) is 9.56. The molecule has 0 aromatic heterocycles. The summed E-state index contributed by atoms with van der Waals surface area (Å²) in [5.74, 6) is -0.281. The summed E-state index contributed by atoms with van der Waals surface area (Å²) in [6.07, 6.45) is -0.0269. The third-order valence-corrected chi connectivity index (χ3v) is 3.48. The average Bonchev–Trinajstić information content (AvgIpc) is 2.41. The van der Waals surface area contributed by atoms with E-state index < -0.39 is 5.97 Å². The van der Waals surface area contributed by atoms with Crippen molar-refractivity contribution in [3.8, 4) is 5.75 Å². The standard InChI is InChI=1S/C15H12Cl2O3/c16-13-6-5-12(8-14(13)17)20-9-11-4-2-1-3-10(11)7-15(18)19/h1-6,8H,7,9H2,(H,18,19). The molecule has 2 aromatic rings. The number of carboxylic acid groups (broad SMARTS) is 1. The van der Waals surface area contributed by atoms with Crippen LogP contribution in [0.1, 0.15) is 11.1 Å². The van der Waals surface area contributed by atoms with Gasteiger partial charge < -0.3 is 9.84 Å². The number of carbonyl (C=O) groups is 1. The number of rotatable bonds is 5. The van der Waals surface area contributed by atoms with Gasteiger partial charge in [0.2, 0.25) is 0 Å². The minimum Gasteiger partial charge on any atom is -0.489 e. The van der Waals surface area contributed by atoms with E-state index in [1.54, 1.807) is 30.3 Å². The van der Waals surface area contributed by atoms with E-state index in [1.165, 1.54) is 0 Å². The normalized spacial score (nSPS) is 10.3. The Labute approximate surface area is 126 Å². The highest BCUT2D eigenvalue weighted by Crippen LogP contribution is 2.27. The van der Waals surface area contributed by atoms with Crippen molar-refractivity contribution in [3.05, 3.63) is 63.6 Å². The van der Waals surface area contributed by atoms with Gasteiger partial charge in [-0.25, -0.2) is 0 Å². The molecule has 5 heteroatoms. The molecule has 1 N–H and O–H groups in total. The third kappa shape index (κ3) is 3.89. The van der Waals surface area contributed by atoms with Gasteiger partial charge in [0.05, 0.1) is 16.5 Å². The Morgan fingerprint density at radius 1 is 1.05 bits per heavy atom. The van der Waals surface area contributed by atoms with Crippen LogP contribution in [-0.2, 0) is 17.8 Å². The van der Waals surface area contributed by atoms with Crippen LogP contribution in [0.25, 0.3) is 0 Å². The highest BCUT2D eigenvalue weighted by atomic mass is 35.5. The molecule has 0 saturated heterocycles. The number of hydrogen-bond donors (Lipinski definition) is 1. The number of hydrogen-bond acceptors (Lipinski definition) is 2. The van der Waals surface area contributed by atoms with Crippen LogP contribution in [-0.4, -0.2) is 11.1 Å². The van der Waals surface area contributed by atoms with Gasteiger partial charge in [0.1, 0.15) is 12.4 Å². The lowest BCUT2D eigenvalue weighted by molar-refractivity contribution is -0.136. The Bertz CT molecular complexity index is 626. The van der Waals surface area contributed by atoms with Crippen LogP contribution in [0.2, 0.25) is 10.0 Å². The van der Waals surface area contributed by atoms with E-state index in [2.05, 4.69) is 0 Å². The average molecular weight is 311 g/mol. The maximum Gasteiger partial charge on any atom is 0.307 e. The lowest BCUT2D eigenvalue weighted by Crippen LogP contribution is -2.05. The van der Waals surface area contributed by atoms with Gasteiger partial charge in [-0.3, -0.25) is 4.79 Å². The minimum atomic E-state index is -0.869. The molecule has 2 aromatic carbocycles. The molecule has 0 bridgehead atoms. The molecule has 104 valence electrons. The van der Waals surface area contributed by atoms with E-state index in [-0.39, 0.29) is 13.0 Å². The van der Waals surface area contributed by atoms with Gasteiger partial charge in [-0.05, 0) is 23.3 Å². The fourth-order valence-electron chi connectivity index (χ4n) is 1.76. The lowest BCUT2D eigenvalue weighted by atomic mass is 10.1. The van der Waals surface area contributed by atoms with Gasteiger partial charge in [-0.2, -0.15) is 0 Å². The zero-order chi connectivity index (χ0) is 14.5. The Morgan fingerprint density at radius 3 is 2.40 bits per heavy atom. The topological polar surface area (TPSA) is 46.5 Å². The summed E-state index contributed by atoms with van der Waals surface area (Å²) in [5.41, 5.74) is 1.57. The first-order valence-electron chi connectivity index (χ1n) is 5.92. The van der Waals surface area contributed by atoms with Gasteiger partial charge in [0, 0.05) is 6.07 Å². The van der Waals surface area contributed by atoms with Crippen molar-refractivity contribution in [2.45, 2.75) is 13.0 Å². The zero-order valence-electron chi connectivity index (χ0n) is 10.5. The van der Waals surface area contributed by atoms with Crippen LogP contribution < -0.4 is 4.74 Å². The molecule has 0 aliphatic carbocycles. The van der Waals surface area contributed by atoms with Crippen LogP contribution in [0.4, 0.5) is 0 Å². The molecule has 0 atom stereocenters. The van der Waals surface area contributed by atoms with Crippen molar-refractivity contribution in [2.75, 3.05) is 0 Å². The molecule has 0 fully saturated rings. The molecule has 0 heterocycles. The molecule has 0 spiro atoms. The molecule has 3 nitrogen and oxygen atoms in total. The van der Waals surface area contributed by atoms with Gasteiger partial charge in [0.25, 0.3) is 0 Å². The molecule has 2 rings (SSSR count). The van der Waals surface area contributed by atoms with Crippen LogP contribution >= 0.6 is 23.2 Å². The van der Waals surface area contributed by atoms with E-state index in [4.69, 9.17) is 33.0 Å². The predicted octanol–water partition coefficient (Wildman–Crippen LogP) is 4.20. The second-order valence-electron chi connectivity index (χ2n) is 4.20. The van der Waals surface area contributed by atoms with Crippen molar-refractivity contribution >= 4 is 29.2 Å². The van der Waals surface area contributed by atoms with Gasteiger partial charge in [-0.15, -0.1) is 0 Å². The van der Waals surface area contributed by atoms with Crippen molar-refractivity contribution in [2.24, 2.45) is 0 Å². The highest BCUT2D eigenvalue weighted by molar-refractivity contribution is 6.42. The zero-order valence-corrected chi connectivity index (χ0v) is 12.0. The largest absolute Gasteiger partial charge is 0.489 e. The summed E-state index contributed by atoms with van der Waals surface area (Å²) in [7, 11) is 0. The SMILES string of the molecule is O=C(O)Cc1ccccc1COc1ccc(Cl)c(Cl)c1. The Balaban J connectivity index is 2.10.